The van der Waals surface area contributed by atoms with Crippen molar-refractivity contribution in [3.63, 3.8) is 0 Å². The number of aliphatic hydroxyl groups is 1. The summed E-state index contributed by atoms with van der Waals surface area (Å²) in [4.78, 5) is 0. The van der Waals surface area contributed by atoms with Crippen LogP contribution in [0.1, 0.15) is 12.5 Å². The molecule has 106 valence electrons. The maximum atomic E-state index is 14.0. The van der Waals surface area contributed by atoms with Crippen LogP contribution in [0.2, 0.25) is 0 Å². The van der Waals surface area contributed by atoms with Crippen molar-refractivity contribution in [1.29, 1.82) is 0 Å². The number of para-hydroxylation sites is 2. The largest absolute Gasteiger partial charge is 0.495 e. The SMILES string of the molecule is COc1ccccc1NC(C)(CO)c1ccccc1F. The molecule has 4 heteroatoms. The molecule has 20 heavy (non-hydrogen) atoms. The quantitative estimate of drug-likeness (QED) is 0.880. The van der Waals surface area contributed by atoms with E-state index in [0.717, 1.165) is 0 Å². The molecule has 0 bridgehead atoms. The lowest BCUT2D eigenvalue weighted by Gasteiger charge is -2.31. The van der Waals surface area contributed by atoms with Gasteiger partial charge in [-0.25, -0.2) is 4.39 Å². The molecule has 0 saturated heterocycles. The number of hydrogen-bond acceptors (Lipinski definition) is 3. The van der Waals surface area contributed by atoms with E-state index in [-0.39, 0.29) is 12.4 Å². The second kappa shape index (κ2) is 5.92. The zero-order valence-corrected chi connectivity index (χ0v) is 11.6. The van der Waals surface area contributed by atoms with Gasteiger partial charge in [0.1, 0.15) is 11.6 Å². The van der Waals surface area contributed by atoms with Crippen molar-refractivity contribution in [3.05, 3.63) is 59.9 Å². The van der Waals surface area contributed by atoms with Crippen LogP contribution < -0.4 is 10.1 Å². The zero-order chi connectivity index (χ0) is 14.6. The standard InChI is InChI=1S/C16H18FNO2/c1-16(11-19,12-7-3-4-8-13(12)17)18-14-9-5-6-10-15(14)20-2/h3-10,18-19H,11H2,1-2H3. The highest BCUT2D eigenvalue weighted by Gasteiger charge is 2.29. The van der Waals surface area contributed by atoms with Crippen LogP contribution in [0, 0.1) is 5.82 Å². The minimum Gasteiger partial charge on any atom is -0.495 e. The van der Waals surface area contributed by atoms with E-state index in [2.05, 4.69) is 5.32 Å². The van der Waals surface area contributed by atoms with Crippen LogP contribution in [0.25, 0.3) is 0 Å². The van der Waals surface area contributed by atoms with E-state index < -0.39 is 5.54 Å². The Kier molecular flexibility index (Phi) is 4.25. The van der Waals surface area contributed by atoms with Gasteiger partial charge in [0.05, 0.1) is 24.9 Å². The van der Waals surface area contributed by atoms with Gasteiger partial charge in [-0.3, -0.25) is 0 Å². The third kappa shape index (κ3) is 2.75. The number of hydrogen-bond donors (Lipinski definition) is 2. The number of aliphatic hydroxyl groups excluding tert-OH is 1. The summed E-state index contributed by atoms with van der Waals surface area (Å²) < 4.78 is 19.2. The summed E-state index contributed by atoms with van der Waals surface area (Å²) in [6.07, 6.45) is 0. The molecule has 0 spiro atoms. The van der Waals surface area contributed by atoms with E-state index in [4.69, 9.17) is 4.74 Å². The Morgan fingerprint density at radius 1 is 1.15 bits per heavy atom. The summed E-state index contributed by atoms with van der Waals surface area (Å²) >= 11 is 0. The van der Waals surface area contributed by atoms with E-state index in [1.54, 1.807) is 32.2 Å². The first-order valence-corrected chi connectivity index (χ1v) is 6.38. The number of nitrogens with one attached hydrogen (secondary N) is 1. The Balaban J connectivity index is 2.40. The van der Waals surface area contributed by atoms with Gasteiger partial charge >= 0.3 is 0 Å². The van der Waals surface area contributed by atoms with Gasteiger partial charge in [0.15, 0.2) is 0 Å². The number of benzene rings is 2. The average molecular weight is 275 g/mol. The molecule has 0 heterocycles. The Labute approximate surface area is 118 Å². The van der Waals surface area contributed by atoms with E-state index in [1.165, 1.54) is 6.07 Å². The summed E-state index contributed by atoms with van der Waals surface area (Å²) in [6.45, 7) is 1.50. The Morgan fingerprint density at radius 3 is 2.45 bits per heavy atom. The Hall–Kier alpha value is -2.07. The van der Waals surface area contributed by atoms with Crippen LogP contribution in [0.4, 0.5) is 10.1 Å². The topological polar surface area (TPSA) is 41.5 Å². The first-order chi connectivity index (χ1) is 9.60. The number of ether oxygens (including phenoxy) is 1. The summed E-state index contributed by atoms with van der Waals surface area (Å²) in [5.74, 6) is 0.287. The number of anilines is 1. The molecular weight excluding hydrogens is 257 g/mol. The number of methoxy groups -OCH3 is 1. The summed E-state index contributed by atoms with van der Waals surface area (Å²) in [7, 11) is 1.57. The van der Waals surface area contributed by atoms with Crippen molar-refractivity contribution < 1.29 is 14.2 Å². The molecule has 0 fully saturated rings. The molecular formula is C16H18FNO2. The highest BCUT2D eigenvalue weighted by molar-refractivity contribution is 5.58. The third-order valence-electron chi connectivity index (χ3n) is 3.30. The van der Waals surface area contributed by atoms with Gasteiger partial charge in [-0.1, -0.05) is 30.3 Å². The predicted molar refractivity (Wildman–Crippen MR) is 77.5 cm³/mol. The van der Waals surface area contributed by atoms with Crippen LogP contribution in [0.5, 0.6) is 5.75 Å². The van der Waals surface area contributed by atoms with Crippen molar-refractivity contribution >= 4 is 5.69 Å². The van der Waals surface area contributed by atoms with E-state index in [1.807, 2.05) is 24.3 Å². The van der Waals surface area contributed by atoms with E-state index >= 15 is 0 Å². The molecule has 2 N–H and O–H groups in total. The van der Waals surface area contributed by atoms with Gasteiger partial charge in [-0.15, -0.1) is 0 Å². The molecule has 0 aliphatic rings. The lowest BCUT2D eigenvalue weighted by atomic mass is 9.92. The molecule has 0 aliphatic heterocycles. The highest BCUT2D eigenvalue weighted by Crippen LogP contribution is 2.32. The summed E-state index contributed by atoms with van der Waals surface area (Å²) in [5, 5.41) is 12.9. The highest BCUT2D eigenvalue weighted by atomic mass is 19.1. The van der Waals surface area contributed by atoms with Gasteiger partial charge in [0.25, 0.3) is 0 Å². The minimum atomic E-state index is -0.931. The molecule has 2 aromatic carbocycles. The smallest absolute Gasteiger partial charge is 0.141 e. The first kappa shape index (κ1) is 14.3. The molecule has 3 nitrogen and oxygen atoms in total. The molecule has 2 rings (SSSR count). The average Bonchev–Trinajstić information content (AvgIpc) is 2.48. The third-order valence-corrected chi connectivity index (χ3v) is 3.30. The Bertz CT molecular complexity index is 588. The zero-order valence-electron chi connectivity index (χ0n) is 11.6. The van der Waals surface area contributed by atoms with Crippen LogP contribution in [0.15, 0.2) is 48.5 Å². The van der Waals surface area contributed by atoms with Crippen molar-refractivity contribution in [2.75, 3.05) is 19.0 Å². The van der Waals surface area contributed by atoms with Crippen LogP contribution >= 0.6 is 0 Å². The molecule has 0 aliphatic carbocycles. The molecule has 2 aromatic rings. The molecule has 0 saturated carbocycles. The summed E-state index contributed by atoms with van der Waals surface area (Å²) in [6, 6.07) is 13.7. The fourth-order valence-electron chi connectivity index (χ4n) is 2.15. The van der Waals surface area contributed by atoms with Gasteiger partial charge in [-0.05, 0) is 25.1 Å². The van der Waals surface area contributed by atoms with Gasteiger partial charge in [0, 0.05) is 5.56 Å². The van der Waals surface area contributed by atoms with Crippen LogP contribution in [-0.4, -0.2) is 18.8 Å². The molecule has 0 amide bonds. The predicted octanol–water partition coefficient (Wildman–Crippen LogP) is 3.15. The molecule has 1 atom stereocenters. The van der Waals surface area contributed by atoms with E-state index in [9.17, 15) is 9.50 Å². The maximum absolute atomic E-state index is 14.0. The fraction of sp³-hybridized carbons (Fsp3) is 0.250. The van der Waals surface area contributed by atoms with E-state index in [0.29, 0.717) is 17.0 Å². The second-order valence-electron chi connectivity index (χ2n) is 4.80. The van der Waals surface area contributed by atoms with Crippen molar-refractivity contribution in [2.45, 2.75) is 12.5 Å². The molecule has 1 unspecified atom stereocenters. The van der Waals surface area contributed by atoms with Crippen LogP contribution in [-0.2, 0) is 5.54 Å². The fourth-order valence-corrected chi connectivity index (χ4v) is 2.15. The minimum absolute atomic E-state index is 0.244. The second-order valence-corrected chi connectivity index (χ2v) is 4.80. The van der Waals surface area contributed by atoms with Gasteiger partial charge < -0.3 is 15.2 Å². The first-order valence-electron chi connectivity index (χ1n) is 6.38. The molecule has 0 radical (unpaired) electrons. The van der Waals surface area contributed by atoms with Crippen molar-refractivity contribution in [1.82, 2.24) is 0 Å². The monoisotopic (exact) mass is 275 g/mol. The maximum Gasteiger partial charge on any atom is 0.141 e. The normalized spacial score (nSPS) is 13.6. The number of halogens is 1. The number of rotatable bonds is 5. The Morgan fingerprint density at radius 2 is 1.80 bits per heavy atom. The molecule has 0 aromatic heterocycles. The summed E-state index contributed by atoms with van der Waals surface area (Å²) in [5.41, 5.74) is 0.184. The van der Waals surface area contributed by atoms with Crippen molar-refractivity contribution in [3.8, 4) is 5.75 Å². The lowest BCUT2D eigenvalue weighted by molar-refractivity contribution is 0.220. The van der Waals surface area contributed by atoms with Gasteiger partial charge in [0.2, 0.25) is 0 Å². The van der Waals surface area contributed by atoms with Gasteiger partial charge in [-0.2, -0.15) is 0 Å². The van der Waals surface area contributed by atoms with Crippen molar-refractivity contribution in [2.24, 2.45) is 0 Å². The van der Waals surface area contributed by atoms with Crippen LogP contribution in [0.3, 0.4) is 0 Å². The lowest BCUT2D eigenvalue weighted by Crippen LogP contribution is -2.36.